The van der Waals surface area contributed by atoms with Gasteiger partial charge in [0, 0.05) is 6.54 Å². The second kappa shape index (κ2) is 6.68. The minimum atomic E-state index is 0.753. The minimum absolute atomic E-state index is 0.753. The van der Waals surface area contributed by atoms with Crippen LogP contribution >= 0.6 is 11.8 Å². The van der Waals surface area contributed by atoms with E-state index in [0.29, 0.717) is 0 Å². The summed E-state index contributed by atoms with van der Waals surface area (Å²) < 4.78 is 0. The first-order valence-corrected chi connectivity index (χ1v) is 4.28. The normalized spacial score (nSPS) is 8.90. The third-order valence-corrected chi connectivity index (χ3v) is 1.69. The molecule has 0 saturated heterocycles. The lowest BCUT2D eigenvalue weighted by atomic mass is 10.6. The van der Waals surface area contributed by atoms with E-state index >= 15 is 0 Å². The fourth-order valence-corrected chi connectivity index (χ4v) is 1.05. The molecule has 2 nitrogen and oxygen atoms in total. The van der Waals surface area contributed by atoms with Crippen LogP contribution in [0, 0.1) is 0 Å². The van der Waals surface area contributed by atoms with Gasteiger partial charge in [0.1, 0.15) is 0 Å². The Hall–Kier alpha value is -0.440. The zero-order chi connectivity index (χ0) is 7.82. The van der Waals surface area contributed by atoms with Gasteiger partial charge in [-0.2, -0.15) is 0 Å². The largest absolute Gasteiger partial charge is 0.378 e. The van der Waals surface area contributed by atoms with Crippen LogP contribution in [0.15, 0.2) is 16.6 Å². The van der Waals surface area contributed by atoms with Crippen molar-refractivity contribution in [1.29, 1.82) is 0 Å². The number of hydrogen-bond acceptors (Lipinski definition) is 3. The average Bonchev–Trinajstić information content (AvgIpc) is 1.89. The Balaban J connectivity index is 3.13. The van der Waals surface area contributed by atoms with E-state index in [1.54, 1.807) is 11.8 Å². The van der Waals surface area contributed by atoms with Gasteiger partial charge in [-0.15, -0.1) is 11.8 Å². The SMILES string of the molecule is C=NCCNC(=C)SCC. The standard InChI is InChI=1S/C7H14N2S/c1-4-10-7(2)9-6-5-8-3/h9H,2-6H2,1H3. The molecular formula is C7H14N2S. The summed E-state index contributed by atoms with van der Waals surface area (Å²) >= 11 is 1.71. The van der Waals surface area contributed by atoms with Crippen LogP contribution < -0.4 is 5.32 Å². The molecule has 10 heavy (non-hydrogen) atoms. The maximum absolute atomic E-state index is 3.81. The van der Waals surface area contributed by atoms with Crippen molar-refractivity contribution in [2.24, 2.45) is 4.99 Å². The molecule has 0 aliphatic carbocycles. The smallest absolute Gasteiger partial charge is 0.0608 e. The quantitative estimate of drug-likeness (QED) is 0.468. The van der Waals surface area contributed by atoms with Gasteiger partial charge >= 0.3 is 0 Å². The summed E-state index contributed by atoms with van der Waals surface area (Å²) in [5, 5.41) is 4.14. The molecule has 0 aromatic rings. The highest BCUT2D eigenvalue weighted by molar-refractivity contribution is 8.02. The van der Waals surface area contributed by atoms with Crippen molar-refractivity contribution in [3.05, 3.63) is 11.6 Å². The summed E-state index contributed by atoms with van der Waals surface area (Å²) in [5.74, 6) is 1.06. The Bertz CT molecular complexity index is 112. The first-order chi connectivity index (χ1) is 4.81. The van der Waals surface area contributed by atoms with Crippen LogP contribution in [0.1, 0.15) is 6.92 Å². The van der Waals surface area contributed by atoms with E-state index in [1.807, 2.05) is 0 Å². The summed E-state index contributed by atoms with van der Waals surface area (Å²) in [7, 11) is 0. The van der Waals surface area contributed by atoms with Crippen molar-refractivity contribution in [3.8, 4) is 0 Å². The summed E-state index contributed by atoms with van der Waals surface area (Å²) in [4.78, 5) is 3.70. The first-order valence-electron chi connectivity index (χ1n) is 3.29. The second-order valence-corrected chi connectivity index (χ2v) is 3.09. The van der Waals surface area contributed by atoms with Crippen LogP contribution in [0.25, 0.3) is 0 Å². The lowest BCUT2D eigenvalue weighted by Gasteiger charge is -2.04. The zero-order valence-electron chi connectivity index (χ0n) is 6.39. The van der Waals surface area contributed by atoms with Crippen LogP contribution in [0.5, 0.6) is 0 Å². The van der Waals surface area contributed by atoms with Gasteiger partial charge in [0.25, 0.3) is 0 Å². The van der Waals surface area contributed by atoms with Crippen LogP contribution in [0.4, 0.5) is 0 Å². The molecule has 0 heterocycles. The Kier molecular flexibility index (Phi) is 6.38. The van der Waals surface area contributed by atoms with Crippen LogP contribution in [-0.2, 0) is 0 Å². The second-order valence-electron chi connectivity index (χ2n) is 1.73. The highest BCUT2D eigenvalue weighted by Crippen LogP contribution is 2.07. The molecule has 0 unspecified atom stereocenters. The molecule has 0 aromatic carbocycles. The molecule has 0 aromatic heterocycles. The Morgan fingerprint density at radius 2 is 2.40 bits per heavy atom. The van der Waals surface area contributed by atoms with E-state index in [1.165, 1.54) is 0 Å². The van der Waals surface area contributed by atoms with Crippen molar-refractivity contribution < 1.29 is 0 Å². The topological polar surface area (TPSA) is 24.4 Å². The molecule has 0 rings (SSSR count). The monoisotopic (exact) mass is 158 g/mol. The molecule has 0 radical (unpaired) electrons. The van der Waals surface area contributed by atoms with E-state index < -0.39 is 0 Å². The number of hydrogen-bond donors (Lipinski definition) is 1. The van der Waals surface area contributed by atoms with E-state index in [0.717, 1.165) is 23.9 Å². The average molecular weight is 158 g/mol. The fraction of sp³-hybridized carbons (Fsp3) is 0.571. The summed E-state index contributed by atoms with van der Waals surface area (Å²) in [6, 6.07) is 0. The third kappa shape index (κ3) is 5.69. The molecular weight excluding hydrogens is 144 g/mol. The molecule has 0 spiro atoms. The van der Waals surface area contributed by atoms with Crippen LogP contribution in [-0.4, -0.2) is 25.6 Å². The van der Waals surface area contributed by atoms with Crippen molar-refractivity contribution in [2.75, 3.05) is 18.8 Å². The Morgan fingerprint density at radius 3 is 2.90 bits per heavy atom. The number of nitrogens with zero attached hydrogens (tertiary/aromatic N) is 1. The molecule has 0 atom stereocenters. The minimum Gasteiger partial charge on any atom is -0.378 e. The number of rotatable bonds is 6. The molecule has 0 saturated carbocycles. The number of nitrogens with one attached hydrogen (secondary N) is 1. The van der Waals surface area contributed by atoms with Crippen LogP contribution in [0.3, 0.4) is 0 Å². The molecule has 58 valence electrons. The van der Waals surface area contributed by atoms with Crippen molar-refractivity contribution >= 4 is 18.5 Å². The predicted octanol–water partition coefficient (Wildman–Crippen LogP) is 1.50. The zero-order valence-corrected chi connectivity index (χ0v) is 7.21. The fourth-order valence-electron chi connectivity index (χ4n) is 0.500. The van der Waals surface area contributed by atoms with Gasteiger partial charge in [-0.05, 0) is 12.5 Å². The lowest BCUT2D eigenvalue weighted by Crippen LogP contribution is -2.14. The maximum Gasteiger partial charge on any atom is 0.0608 e. The molecule has 3 heteroatoms. The molecule has 0 bridgehead atoms. The Labute approximate surface area is 66.8 Å². The summed E-state index contributed by atoms with van der Waals surface area (Å²) in [6.45, 7) is 10.9. The maximum atomic E-state index is 3.81. The molecule has 0 amide bonds. The van der Waals surface area contributed by atoms with Crippen LogP contribution in [0.2, 0.25) is 0 Å². The molecule has 0 aliphatic rings. The van der Waals surface area contributed by atoms with E-state index in [2.05, 4.69) is 30.5 Å². The van der Waals surface area contributed by atoms with E-state index in [9.17, 15) is 0 Å². The lowest BCUT2D eigenvalue weighted by molar-refractivity contribution is 0.839. The van der Waals surface area contributed by atoms with Gasteiger partial charge in [0.2, 0.25) is 0 Å². The van der Waals surface area contributed by atoms with E-state index in [4.69, 9.17) is 0 Å². The molecule has 1 N–H and O–H groups in total. The van der Waals surface area contributed by atoms with Gasteiger partial charge in [-0.3, -0.25) is 4.99 Å². The summed E-state index contributed by atoms with van der Waals surface area (Å²) in [6.07, 6.45) is 0. The Morgan fingerprint density at radius 1 is 1.70 bits per heavy atom. The first kappa shape index (κ1) is 9.56. The third-order valence-electron chi connectivity index (χ3n) is 0.911. The van der Waals surface area contributed by atoms with Gasteiger partial charge < -0.3 is 5.32 Å². The summed E-state index contributed by atoms with van der Waals surface area (Å²) in [5.41, 5.74) is 0. The van der Waals surface area contributed by atoms with Gasteiger partial charge in [-0.25, -0.2) is 0 Å². The highest BCUT2D eigenvalue weighted by Gasteiger charge is 1.88. The van der Waals surface area contributed by atoms with Crippen molar-refractivity contribution in [1.82, 2.24) is 5.32 Å². The number of thioether (sulfide) groups is 1. The van der Waals surface area contributed by atoms with Crippen molar-refractivity contribution in [2.45, 2.75) is 6.92 Å². The molecule has 0 fully saturated rings. The van der Waals surface area contributed by atoms with Gasteiger partial charge in [0.05, 0.1) is 11.6 Å². The van der Waals surface area contributed by atoms with Gasteiger partial charge in [0.15, 0.2) is 0 Å². The van der Waals surface area contributed by atoms with Crippen molar-refractivity contribution in [3.63, 3.8) is 0 Å². The number of aliphatic imine (C=N–C) groups is 1. The highest BCUT2D eigenvalue weighted by atomic mass is 32.2. The van der Waals surface area contributed by atoms with E-state index in [-0.39, 0.29) is 0 Å². The predicted molar refractivity (Wildman–Crippen MR) is 49.7 cm³/mol. The van der Waals surface area contributed by atoms with Gasteiger partial charge in [-0.1, -0.05) is 13.5 Å². The molecule has 0 aliphatic heterocycles.